The maximum absolute atomic E-state index is 8.89. The number of ether oxygens (including phenoxy) is 1. The van der Waals surface area contributed by atoms with E-state index in [-0.39, 0.29) is 6.61 Å². The summed E-state index contributed by atoms with van der Waals surface area (Å²) in [7, 11) is -2.30. The van der Waals surface area contributed by atoms with Crippen LogP contribution in [0.4, 0.5) is 5.82 Å². The molecule has 27 heavy (non-hydrogen) atoms. The Kier molecular flexibility index (Phi) is 8.49. The quantitative estimate of drug-likeness (QED) is 0.284. The number of aliphatic hydroxyl groups excluding tert-OH is 2. The molecule has 0 aliphatic carbocycles. The summed E-state index contributed by atoms with van der Waals surface area (Å²) in [6.07, 6.45) is 9.24. The molecular weight excluding hydrogens is 379 g/mol. The second-order valence-electron chi connectivity index (χ2n) is 5.20. The minimum Gasteiger partial charge on any atom is -0.400 e. The number of nitrogen functional groups attached to an aromatic ring is 1. The van der Waals surface area contributed by atoms with Crippen LogP contribution >= 0.6 is 8.17 Å². The predicted molar refractivity (Wildman–Crippen MR) is 98.7 cm³/mol. The summed E-state index contributed by atoms with van der Waals surface area (Å²) in [6, 6.07) is 1.75. The van der Waals surface area contributed by atoms with Crippen molar-refractivity contribution >= 4 is 25.0 Å². The van der Waals surface area contributed by atoms with Crippen LogP contribution in [0.25, 0.3) is 11.0 Å². The molecule has 0 amide bonds. The molecule has 0 bridgehead atoms. The number of fused-ring (bicyclic) bond motifs is 1. The maximum Gasteiger partial charge on any atom is 0.567 e. The van der Waals surface area contributed by atoms with E-state index in [0.29, 0.717) is 29.7 Å². The second kappa shape index (κ2) is 9.89. The highest BCUT2D eigenvalue weighted by atomic mass is 31.2. The molecule has 3 heterocycles. The molecule has 0 aromatic carbocycles. The van der Waals surface area contributed by atoms with E-state index in [1.165, 1.54) is 6.33 Å². The van der Waals surface area contributed by atoms with Crippen LogP contribution in [-0.2, 0) is 15.0 Å². The van der Waals surface area contributed by atoms with Gasteiger partial charge in [-0.1, -0.05) is 0 Å². The molecule has 1 saturated heterocycles. The Morgan fingerprint density at radius 2 is 2.04 bits per heavy atom. The molecule has 1 aliphatic heterocycles. The van der Waals surface area contributed by atoms with Crippen molar-refractivity contribution in [2.45, 2.75) is 24.7 Å². The highest BCUT2D eigenvalue weighted by molar-refractivity contribution is 7.53. The first-order valence-corrected chi connectivity index (χ1v) is 9.26. The van der Waals surface area contributed by atoms with E-state index in [4.69, 9.17) is 41.8 Å². The summed E-state index contributed by atoms with van der Waals surface area (Å²) in [4.78, 5) is 34.8. The Labute approximate surface area is 156 Å². The summed E-state index contributed by atoms with van der Waals surface area (Å²) in [5.74, 6) is 2.97. The summed E-state index contributed by atoms with van der Waals surface area (Å²) >= 11 is 0. The summed E-state index contributed by atoms with van der Waals surface area (Å²) in [5.41, 5.74) is 5.28. The molecule has 2 atom stereocenters. The van der Waals surface area contributed by atoms with Gasteiger partial charge in [0.05, 0.1) is 11.5 Å². The van der Waals surface area contributed by atoms with Gasteiger partial charge < -0.3 is 20.7 Å². The van der Waals surface area contributed by atoms with E-state index >= 15 is 0 Å². The zero-order chi connectivity index (χ0) is 20.7. The SMILES string of the molecule is C#CC1(n2ccc3c(N)ncnc32)CCC(CO[P+](O)(O)O)O1.CO.CO. The molecule has 1 fully saturated rings. The Balaban J connectivity index is 0.000000855. The number of terminal acetylenes is 1. The molecule has 0 radical (unpaired) electrons. The van der Waals surface area contributed by atoms with Crippen molar-refractivity contribution in [2.75, 3.05) is 26.6 Å². The van der Waals surface area contributed by atoms with Crippen LogP contribution in [-0.4, -0.2) is 66.4 Å². The van der Waals surface area contributed by atoms with Gasteiger partial charge in [0.2, 0.25) is 5.72 Å². The number of rotatable bonds is 4. The molecule has 7 N–H and O–H groups in total. The number of hydrogen-bond donors (Lipinski definition) is 6. The first-order chi connectivity index (χ1) is 12.8. The molecule has 2 unspecified atom stereocenters. The normalized spacial score (nSPS) is 21.6. The molecule has 11 nitrogen and oxygen atoms in total. The van der Waals surface area contributed by atoms with Crippen molar-refractivity contribution in [1.82, 2.24) is 14.5 Å². The highest BCUT2D eigenvalue weighted by Crippen LogP contribution is 2.47. The third-order valence-corrected chi connectivity index (χ3v) is 4.22. The number of nitrogens with two attached hydrogens (primary N) is 1. The van der Waals surface area contributed by atoms with Gasteiger partial charge in [0, 0.05) is 26.8 Å². The molecule has 1 aliphatic rings. The Hall–Kier alpha value is -1.87. The molecule has 0 saturated carbocycles. The van der Waals surface area contributed by atoms with E-state index in [1.54, 1.807) is 16.8 Å². The van der Waals surface area contributed by atoms with Gasteiger partial charge in [-0.3, -0.25) is 4.57 Å². The Bertz CT molecular complexity index is 774. The monoisotopic (exact) mass is 403 g/mol. The van der Waals surface area contributed by atoms with Crippen molar-refractivity contribution < 1.29 is 34.2 Å². The van der Waals surface area contributed by atoms with Gasteiger partial charge in [-0.05, 0) is 18.4 Å². The van der Waals surface area contributed by atoms with Gasteiger partial charge in [0.25, 0.3) is 0 Å². The maximum atomic E-state index is 8.89. The lowest BCUT2D eigenvalue weighted by Gasteiger charge is -2.26. The lowest BCUT2D eigenvalue weighted by atomic mass is 10.1. The van der Waals surface area contributed by atoms with Gasteiger partial charge >= 0.3 is 8.17 Å². The molecular formula is C15H24N4O7P+. The summed E-state index contributed by atoms with van der Waals surface area (Å²) in [6.45, 7) is -0.184. The largest absolute Gasteiger partial charge is 0.567 e. The molecule has 2 aromatic rings. The number of anilines is 1. The molecule has 0 spiro atoms. The smallest absolute Gasteiger partial charge is 0.400 e. The Morgan fingerprint density at radius 3 is 2.63 bits per heavy atom. The van der Waals surface area contributed by atoms with Crippen molar-refractivity contribution in [2.24, 2.45) is 0 Å². The van der Waals surface area contributed by atoms with Gasteiger partial charge in [0.1, 0.15) is 24.4 Å². The Morgan fingerprint density at radius 1 is 1.37 bits per heavy atom. The van der Waals surface area contributed by atoms with Crippen molar-refractivity contribution in [3.05, 3.63) is 18.6 Å². The van der Waals surface area contributed by atoms with Crippen LogP contribution in [0.5, 0.6) is 0 Å². The highest BCUT2D eigenvalue weighted by Gasteiger charge is 2.44. The van der Waals surface area contributed by atoms with Crippen molar-refractivity contribution in [1.29, 1.82) is 0 Å². The fourth-order valence-corrected chi connectivity index (χ4v) is 3.03. The van der Waals surface area contributed by atoms with E-state index in [2.05, 4.69) is 20.4 Å². The number of hydrogen-bond acceptors (Lipinski definition) is 10. The minimum absolute atomic E-state index is 0.184. The van der Waals surface area contributed by atoms with Crippen LogP contribution in [0, 0.1) is 12.3 Å². The zero-order valence-corrected chi connectivity index (χ0v) is 15.8. The van der Waals surface area contributed by atoms with E-state index in [9.17, 15) is 0 Å². The average molecular weight is 403 g/mol. The van der Waals surface area contributed by atoms with Crippen LogP contribution in [0.1, 0.15) is 12.8 Å². The van der Waals surface area contributed by atoms with Crippen LogP contribution in [0.15, 0.2) is 18.6 Å². The van der Waals surface area contributed by atoms with Crippen molar-refractivity contribution in [3.8, 4) is 12.3 Å². The first kappa shape index (κ1) is 23.2. The number of aliphatic hydroxyl groups is 2. The lowest BCUT2D eigenvalue weighted by molar-refractivity contribution is -0.0685. The third kappa shape index (κ3) is 5.32. The third-order valence-electron chi connectivity index (χ3n) is 3.73. The summed E-state index contributed by atoms with van der Waals surface area (Å²) < 4.78 is 12.2. The standard InChI is InChI=1S/C13H16N4O5P.2CH4O/c1-2-13(5-3-9(22-13)7-21-23(18,19)20)17-6-4-10-11(14)15-8-16-12(10)17;2*1-2/h1,4,6,8-9,18-20H,3,5,7H2,(H2,14,15,16);2*2H,1H3/q+1;;. The average Bonchev–Trinajstić information content (AvgIpc) is 3.28. The molecule has 3 rings (SSSR count). The van der Waals surface area contributed by atoms with E-state index in [0.717, 1.165) is 14.2 Å². The molecule has 12 heteroatoms. The van der Waals surface area contributed by atoms with E-state index < -0.39 is 20.0 Å². The first-order valence-electron chi connectivity index (χ1n) is 7.69. The zero-order valence-electron chi connectivity index (χ0n) is 14.9. The van der Waals surface area contributed by atoms with E-state index in [1.807, 2.05) is 0 Å². The molecule has 150 valence electrons. The van der Waals surface area contributed by atoms with Gasteiger partial charge in [0.15, 0.2) is 0 Å². The van der Waals surface area contributed by atoms with Gasteiger partial charge in [-0.2, -0.15) is 19.2 Å². The number of aromatic nitrogens is 3. The van der Waals surface area contributed by atoms with Crippen LogP contribution in [0.2, 0.25) is 0 Å². The van der Waals surface area contributed by atoms with Crippen molar-refractivity contribution in [3.63, 3.8) is 0 Å². The molecule has 2 aromatic heterocycles. The van der Waals surface area contributed by atoms with Crippen LogP contribution in [0.3, 0.4) is 0 Å². The lowest BCUT2D eigenvalue weighted by Crippen LogP contribution is -2.32. The summed E-state index contributed by atoms with van der Waals surface area (Å²) in [5, 5.41) is 14.7. The van der Waals surface area contributed by atoms with Gasteiger partial charge in [-0.15, -0.1) is 6.42 Å². The van der Waals surface area contributed by atoms with Gasteiger partial charge in [-0.25, -0.2) is 9.97 Å². The second-order valence-corrected chi connectivity index (χ2v) is 6.48. The predicted octanol–water partition coefficient (Wildman–Crippen LogP) is -0.633. The number of nitrogens with zero attached hydrogens (tertiary/aromatic N) is 3. The van der Waals surface area contributed by atoms with Crippen LogP contribution < -0.4 is 5.73 Å². The minimum atomic E-state index is -4.30. The topological polar surface area (TPSA) is 176 Å². The fourth-order valence-electron chi connectivity index (χ4n) is 2.67. The fraction of sp³-hybridized carbons (Fsp3) is 0.467.